The van der Waals surface area contributed by atoms with E-state index in [1.165, 1.54) is 34.6 Å². The second-order valence-corrected chi connectivity index (χ2v) is 9.55. The zero-order valence-corrected chi connectivity index (χ0v) is 28.3. The Morgan fingerprint density at radius 1 is 0.457 bits per heavy atom. The molecule has 0 bridgehead atoms. The van der Waals surface area contributed by atoms with Crippen LogP contribution in [-0.4, -0.2) is 68.9 Å². The van der Waals surface area contributed by atoms with Gasteiger partial charge in [-0.15, -0.1) is 0 Å². The van der Waals surface area contributed by atoms with Crippen LogP contribution in [0.15, 0.2) is 0 Å². The van der Waals surface area contributed by atoms with Crippen molar-refractivity contribution >= 4 is 68.9 Å². The summed E-state index contributed by atoms with van der Waals surface area (Å²) in [5, 5.41) is 38.0. The molecule has 0 atom stereocenters. The van der Waals surface area contributed by atoms with Gasteiger partial charge in [0.15, 0.2) is 0 Å². The fourth-order valence-electron chi connectivity index (χ4n) is 1.17. The van der Waals surface area contributed by atoms with Gasteiger partial charge < -0.3 is 45.1 Å². The molecule has 0 heterocycles. The van der Waals surface area contributed by atoms with E-state index in [4.69, 9.17) is 0 Å². The molecular formula is C24H46O9Sn2. The summed E-state index contributed by atoms with van der Waals surface area (Å²) in [6.07, 6.45) is 8.99. The topological polar surface area (TPSA) is 189 Å². The molecule has 0 fully saturated rings. The Labute approximate surface area is 240 Å². The summed E-state index contributed by atoms with van der Waals surface area (Å²) in [5.74, 6) is -3.84. The van der Waals surface area contributed by atoms with Crippen molar-refractivity contribution < 1.29 is 45.1 Å². The molecule has 0 aliphatic heterocycles. The van der Waals surface area contributed by atoms with Crippen molar-refractivity contribution in [3.05, 3.63) is 0 Å². The van der Waals surface area contributed by atoms with Crippen LogP contribution in [0.2, 0.25) is 8.87 Å². The average molecular weight is 716 g/mol. The largest absolute Gasteiger partial charge is 2.00 e. The van der Waals surface area contributed by atoms with Gasteiger partial charge in [0.1, 0.15) is 0 Å². The molecule has 0 saturated heterocycles. The van der Waals surface area contributed by atoms with Crippen molar-refractivity contribution in [3.8, 4) is 0 Å². The maximum atomic E-state index is 9.49. The Morgan fingerprint density at radius 3 is 0.629 bits per heavy atom. The standard InChI is InChI=1S/4C4H8O2.2C4H9.O.2Sn/c4*1-2-3-4(5)6;2*1-3-4-2;;;/h4*2-3H2,1H3,(H,5,6);2*1,3-4H2,2H3;;;/q;;;;;;-2;2*+3/p-4. The SMILES string of the molecule is CCCC(=O)[O-].CCCC(=O)[O-].CCCC(=O)[O-].CCCC(=O)[O-].CCC[CH2][Sn+3].CCC[CH2][Sn+3].[O-2]. The van der Waals surface area contributed by atoms with Gasteiger partial charge in [0.25, 0.3) is 0 Å². The van der Waals surface area contributed by atoms with Crippen LogP contribution < -0.4 is 20.4 Å². The van der Waals surface area contributed by atoms with E-state index in [2.05, 4.69) is 13.8 Å². The van der Waals surface area contributed by atoms with Crippen LogP contribution in [-0.2, 0) is 24.7 Å². The van der Waals surface area contributed by atoms with Crippen molar-refractivity contribution in [2.24, 2.45) is 0 Å². The first kappa shape index (κ1) is 51.1. The molecule has 0 amide bonds. The monoisotopic (exact) mass is 718 g/mol. The summed E-state index contributed by atoms with van der Waals surface area (Å²) >= 11 is 3.37. The molecule has 0 saturated carbocycles. The zero-order valence-electron chi connectivity index (χ0n) is 22.6. The number of carboxylic acid groups (broad SMARTS) is 4. The number of carboxylic acids is 4. The van der Waals surface area contributed by atoms with Crippen LogP contribution in [0.25, 0.3) is 0 Å². The third-order valence-electron chi connectivity index (χ3n) is 2.88. The fourth-order valence-corrected chi connectivity index (χ4v) is 3.19. The number of rotatable bonds is 12. The molecule has 0 spiro atoms. The van der Waals surface area contributed by atoms with Crippen LogP contribution in [0.5, 0.6) is 0 Å². The van der Waals surface area contributed by atoms with Gasteiger partial charge in [0, 0.05) is 23.9 Å². The van der Waals surface area contributed by atoms with Crippen molar-refractivity contribution in [2.75, 3.05) is 0 Å². The van der Waals surface area contributed by atoms with E-state index in [1.807, 2.05) is 0 Å². The summed E-state index contributed by atoms with van der Waals surface area (Å²) in [7, 11) is 0. The van der Waals surface area contributed by atoms with E-state index in [9.17, 15) is 39.6 Å². The molecule has 0 unspecified atom stereocenters. The molecule has 11 heteroatoms. The van der Waals surface area contributed by atoms with E-state index in [1.54, 1.807) is 72.7 Å². The van der Waals surface area contributed by atoms with Gasteiger partial charge in [-0.2, -0.15) is 0 Å². The number of carbonyl (C=O) groups is 4. The molecule has 0 aromatic heterocycles. The van der Waals surface area contributed by atoms with Crippen molar-refractivity contribution in [1.82, 2.24) is 0 Å². The molecule has 35 heavy (non-hydrogen) atoms. The molecule has 0 aromatic rings. The molecular weight excluding hydrogens is 670 g/mol. The minimum atomic E-state index is -0.961. The molecule has 9 nitrogen and oxygen atoms in total. The van der Waals surface area contributed by atoms with Gasteiger partial charge in [-0.1, -0.05) is 53.4 Å². The molecule has 0 N–H and O–H groups in total. The van der Waals surface area contributed by atoms with Gasteiger partial charge in [0.2, 0.25) is 0 Å². The summed E-state index contributed by atoms with van der Waals surface area (Å²) in [4.78, 5) is 38.0. The molecule has 0 rings (SSSR count). The maximum absolute atomic E-state index is 9.49. The summed E-state index contributed by atoms with van der Waals surface area (Å²) in [6, 6.07) is 0. The van der Waals surface area contributed by atoms with Crippen molar-refractivity contribution in [1.29, 1.82) is 0 Å². The first-order valence-corrected chi connectivity index (χ1v) is 16.0. The van der Waals surface area contributed by atoms with Crippen LogP contribution in [0, 0.1) is 0 Å². The number of carbonyl (C=O) groups excluding carboxylic acids is 4. The van der Waals surface area contributed by atoms with Crippen LogP contribution in [0.4, 0.5) is 0 Å². The third-order valence-corrected chi connectivity index (χ3v) is 4.90. The van der Waals surface area contributed by atoms with Gasteiger partial charge in [-0.05, 0) is 25.7 Å². The molecule has 0 aromatic carbocycles. The Bertz CT molecular complexity index is 348. The number of aliphatic carboxylic acids is 4. The van der Waals surface area contributed by atoms with Gasteiger partial charge >= 0.3 is 93.5 Å². The fraction of sp³-hybridized carbons (Fsp3) is 0.833. The Balaban J connectivity index is -0.0000000536. The Kier molecular flexibility index (Phi) is 79.5. The average Bonchev–Trinajstić information content (AvgIpc) is 2.71. The Hall–Kier alpha value is -0.563. The van der Waals surface area contributed by atoms with Crippen LogP contribution in [0.3, 0.4) is 0 Å². The summed E-state index contributed by atoms with van der Waals surface area (Å²) in [6.45, 7) is 11.7. The van der Waals surface area contributed by atoms with E-state index in [-0.39, 0.29) is 31.2 Å². The molecule has 0 radical (unpaired) electrons. The molecule has 0 aliphatic carbocycles. The quantitative estimate of drug-likeness (QED) is 0.265. The summed E-state index contributed by atoms with van der Waals surface area (Å²) in [5.41, 5.74) is 0. The summed E-state index contributed by atoms with van der Waals surface area (Å²) < 4.78 is 2.87. The number of hydrogen-bond donors (Lipinski definition) is 0. The smallest absolute Gasteiger partial charge is 2.00 e. The minimum absolute atomic E-state index is 0. The van der Waals surface area contributed by atoms with Gasteiger partial charge in [-0.3, -0.25) is 0 Å². The van der Waals surface area contributed by atoms with Crippen LogP contribution >= 0.6 is 0 Å². The van der Waals surface area contributed by atoms with Gasteiger partial charge in [-0.25, -0.2) is 0 Å². The van der Waals surface area contributed by atoms with Gasteiger partial charge in [0.05, 0.1) is 0 Å². The predicted octanol–water partition coefficient (Wildman–Crippen LogP) is 0.773. The second-order valence-electron chi connectivity index (χ2n) is 6.70. The Morgan fingerprint density at radius 2 is 0.629 bits per heavy atom. The number of hydrogen-bond acceptors (Lipinski definition) is 8. The van der Waals surface area contributed by atoms with E-state index in [0.717, 1.165) is 0 Å². The second kappa shape index (κ2) is 54.4. The zero-order chi connectivity index (χ0) is 28.2. The molecule has 204 valence electrons. The minimum Gasteiger partial charge on any atom is -2.00 e. The first-order chi connectivity index (χ1) is 15.9. The van der Waals surface area contributed by atoms with Crippen molar-refractivity contribution in [3.63, 3.8) is 0 Å². The third kappa shape index (κ3) is 139. The van der Waals surface area contributed by atoms with E-state index >= 15 is 0 Å². The van der Waals surface area contributed by atoms with Crippen molar-refractivity contribution in [2.45, 2.75) is 127 Å². The van der Waals surface area contributed by atoms with Crippen LogP contribution in [0.1, 0.15) is 119 Å². The predicted molar refractivity (Wildman–Crippen MR) is 131 cm³/mol. The van der Waals surface area contributed by atoms with E-state index in [0.29, 0.717) is 25.7 Å². The normalized spacial score (nSPS) is 8.06. The maximum Gasteiger partial charge on any atom is -2.00 e. The molecule has 0 aliphatic rings. The number of unbranched alkanes of at least 4 members (excludes halogenated alkanes) is 2. The van der Waals surface area contributed by atoms with E-state index < -0.39 is 23.9 Å². The first-order valence-electron chi connectivity index (χ1n) is 12.0.